The summed E-state index contributed by atoms with van der Waals surface area (Å²) in [6.07, 6.45) is 7.50. The van der Waals surface area contributed by atoms with E-state index in [2.05, 4.69) is 10.3 Å². The van der Waals surface area contributed by atoms with Crippen LogP contribution in [0.25, 0.3) is 5.65 Å². The van der Waals surface area contributed by atoms with Crippen molar-refractivity contribution in [2.24, 2.45) is 0 Å². The highest BCUT2D eigenvalue weighted by molar-refractivity contribution is 5.65. The summed E-state index contributed by atoms with van der Waals surface area (Å²) >= 11 is 0. The zero-order chi connectivity index (χ0) is 16.0. The molecule has 3 heterocycles. The van der Waals surface area contributed by atoms with Crippen LogP contribution in [-0.2, 0) is 6.42 Å². The van der Waals surface area contributed by atoms with Gasteiger partial charge in [-0.05, 0) is 52.4 Å². The van der Waals surface area contributed by atoms with Gasteiger partial charge >= 0.3 is 0 Å². The van der Waals surface area contributed by atoms with Crippen molar-refractivity contribution in [3.05, 3.63) is 17.5 Å². The van der Waals surface area contributed by atoms with E-state index < -0.39 is 5.60 Å². The summed E-state index contributed by atoms with van der Waals surface area (Å²) in [6.45, 7) is 4.64. The van der Waals surface area contributed by atoms with Gasteiger partial charge < -0.3 is 15.2 Å². The SMILES string of the molecule is Cc1cn2nc(NC3CCC(C)(O)CC3)c3c(c2n1)OCCC3. The average Bonchev–Trinajstić information content (AvgIpc) is 2.90. The van der Waals surface area contributed by atoms with Crippen LogP contribution in [0.4, 0.5) is 5.82 Å². The van der Waals surface area contributed by atoms with Crippen LogP contribution < -0.4 is 10.1 Å². The Balaban J connectivity index is 1.67. The van der Waals surface area contributed by atoms with Gasteiger partial charge in [-0.25, -0.2) is 9.50 Å². The lowest BCUT2D eigenvalue weighted by molar-refractivity contribution is 0.0196. The fourth-order valence-electron chi connectivity index (χ4n) is 3.63. The van der Waals surface area contributed by atoms with Crippen molar-refractivity contribution >= 4 is 11.5 Å². The predicted molar refractivity (Wildman–Crippen MR) is 88.0 cm³/mol. The Morgan fingerprint density at radius 2 is 2.17 bits per heavy atom. The molecular weight excluding hydrogens is 292 g/mol. The van der Waals surface area contributed by atoms with Crippen LogP contribution in [0.3, 0.4) is 0 Å². The molecule has 1 fully saturated rings. The third-order valence-electron chi connectivity index (χ3n) is 5.00. The highest BCUT2D eigenvalue weighted by atomic mass is 16.5. The van der Waals surface area contributed by atoms with Gasteiger partial charge in [-0.2, -0.15) is 0 Å². The van der Waals surface area contributed by atoms with Gasteiger partial charge in [0.25, 0.3) is 0 Å². The monoisotopic (exact) mass is 316 g/mol. The summed E-state index contributed by atoms with van der Waals surface area (Å²) in [5.74, 6) is 1.79. The number of nitrogens with zero attached hydrogens (tertiary/aromatic N) is 3. The highest BCUT2D eigenvalue weighted by Crippen LogP contribution is 2.35. The maximum absolute atomic E-state index is 10.1. The number of aryl methyl sites for hydroxylation is 1. The van der Waals surface area contributed by atoms with Crippen LogP contribution in [0.2, 0.25) is 0 Å². The molecule has 0 saturated heterocycles. The normalized spacial score (nSPS) is 27.5. The summed E-state index contributed by atoms with van der Waals surface area (Å²) < 4.78 is 7.73. The van der Waals surface area contributed by atoms with E-state index in [1.807, 2.05) is 24.6 Å². The van der Waals surface area contributed by atoms with Crippen LogP contribution in [0.1, 0.15) is 50.3 Å². The lowest BCUT2D eigenvalue weighted by Crippen LogP contribution is -2.36. The lowest BCUT2D eigenvalue weighted by atomic mass is 9.83. The van der Waals surface area contributed by atoms with E-state index in [1.165, 1.54) is 0 Å². The molecule has 0 amide bonds. The van der Waals surface area contributed by atoms with Crippen molar-refractivity contribution in [3.63, 3.8) is 0 Å². The number of anilines is 1. The second-order valence-electron chi connectivity index (χ2n) is 7.17. The molecule has 0 unspecified atom stereocenters. The number of imidazole rings is 1. The van der Waals surface area contributed by atoms with E-state index in [-0.39, 0.29) is 0 Å². The maximum Gasteiger partial charge on any atom is 0.197 e. The minimum absolute atomic E-state index is 0.357. The smallest absolute Gasteiger partial charge is 0.197 e. The number of aliphatic hydroxyl groups is 1. The van der Waals surface area contributed by atoms with Crippen molar-refractivity contribution in [2.75, 3.05) is 11.9 Å². The zero-order valence-corrected chi connectivity index (χ0v) is 13.8. The number of fused-ring (bicyclic) bond motifs is 3. The van der Waals surface area contributed by atoms with Gasteiger partial charge in [-0.3, -0.25) is 0 Å². The Labute approximate surface area is 135 Å². The van der Waals surface area contributed by atoms with Gasteiger partial charge in [0, 0.05) is 11.6 Å². The second-order valence-corrected chi connectivity index (χ2v) is 7.17. The molecule has 1 aliphatic carbocycles. The summed E-state index contributed by atoms with van der Waals surface area (Å²) in [7, 11) is 0. The molecule has 2 N–H and O–H groups in total. The number of nitrogens with one attached hydrogen (secondary N) is 1. The minimum Gasteiger partial charge on any atom is -0.489 e. The zero-order valence-electron chi connectivity index (χ0n) is 13.8. The van der Waals surface area contributed by atoms with Crippen molar-refractivity contribution in [2.45, 2.75) is 64.0 Å². The number of rotatable bonds is 2. The summed E-state index contributed by atoms with van der Waals surface area (Å²) in [5, 5.41) is 18.5. The molecule has 4 rings (SSSR count). The van der Waals surface area contributed by atoms with Gasteiger partial charge in [-0.1, -0.05) is 0 Å². The van der Waals surface area contributed by atoms with E-state index >= 15 is 0 Å². The maximum atomic E-state index is 10.1. The van der Waals surface area contributed by atoms with Gasteiger partial charge in [0.15, 0.2) is 17.2 Å². The molecule has 0 bridgehead atoms. The Hall–Kier alpha value is -1.82. The van der Waals surface area contributed by atoms with Crippen LogP contribution in [0, 0.1) is 6.92 Å². The molecule has 0 spiro atoms. The van der Waals surface area contributed by atoms with Gasteiger partial charge in [0.1, 0.15) is 0 Å². The third-order valence-corrected chi connectivity index (χ3v) is 5.00. The predicted octanol–water partition coefficient (Wildman–Crippen LogP) is 2.47. The quantitative estimate of drug-likeness (QED) is 0.890. The summed E-state index contributed by atoms with van der Waals surface area (Å²) in [5.41, 5.74) is 2.39. The molecular formula is C17H24N4O2. The van der Waals surface area contributed by atoms with E-state index in [1.54, 1.807) is 0 Å². The Morgan fingerprint density at radius 1 is 1.39 bits per heavy atom. The number of hydrogen-bond acceptors (Lipinski definition) is 5. The molecule has 124 valence electrons. The number of hydrogen-bond donors (Lipinski definition) is 2. The van der Waals surface area contributed by atoms with Gasteiger partial charge in [-0.15, -0.1) is 5.10 Å². The van der Waals surface area contributed by atoms with Crippen LogP contribution in [0.5, 0.6) is 5.75 Å². The van der Waals surface area contributed by atoms with Gasteiger partial charge in [0.05, 0.1) is 24.1 Å². The Morgan fingerprint density at radius 3 is 2.96 bits per heavy atom. The van der Waals surface area contributed by atoms with E-state index in [4.69, 9.17) is 9.84 Å². The van der Waals surface area contributed by atoms with Crippen LogP contribution in [-0.4, -0.2) is 38.0 Å². The first-order valence-electron chi connectivity index (χ1n) is 8.52. The van der Waals surface area contributed by atoms with Crippen LogP contribution in [0.15, 0.2) is 6.20 Å². The molecule has 6 nitrogen and oxygen atoms in total. The number of aromatic nitrogens is 3. The first kappa shape index (κ1) is 14.8. The van der Waals surface area contributed by atoms with E-state index in [0.717, 1.165) is 73.6 Å². The third kappa shape index (κ3) is 2.76. The molecule has 2 aliphatic rings. The molecule has 0 radical (unpaired) electrons. The van der Waals surface area contributed by atoms with E-state index in [9.17, 15) is 5.11 Å². The van der Waals surface area contributed by atoms with Crippen molar-refractivity contribution in [1.82, 2.24) is 14.6 Å². The molecule has 0 atom stereocenters. The van der Waals surface area contributed by atoms with Crippen molar-refractivity contribution in [3.8, 4) is 5.75 Å². The molecule has 0 aromatic carbocycles. The molecule has 1 aliphatic heterocycles. The first-order chi connectivity index (χ1) is 11.0. The van der Waals surface area contributed by atoms with Gasteiger partial charge in [0.2, 0.25) is 0 Å². The highest BCUT2D eigenvalue weighted by Gasteiger charge is 2.30. The number of ether oxygens (including phenoxy) is 1. The van der Waals surface area contributed by atoms with Crippen molar-refractivity contribution < 1.29 is 9.84 Å². The molecule has 6 heteroatoms. The molecule has 23 heavy (non-hydrogen) atoms. The Bertz CT molecular complexity index is 728. The first-order valence-corrected chi connectivity index (χ1v) is 8.52. The standard InChI is InChI=1S/C17H24N4O2/c1-11-10-21-16(18-11)14-13(4-3-9-23-14)15(20-21)19-12-5-7-17(2,22)8-6-12/h10,12,22H,3-9H2,1-2H3,(H,19,20). The lowest BCUT2D eigenvalue weighted by Gasteiger charge is -2.34. The summed E-state index contributed by atoms with van der Waals surface area (Å²) in [6, 6.07) is 0.357. The van der Waals surface area contributed by atoms with Crippen molar-refractivity contribution in [1.29, 1.82) is 0 Å². The fourth-order valence-corrected chi connectivity index (χ4v) is 3.63. The molecule has 2 aromatic rings. The summed E-state index contributed by atoms with van der Waals surface area (Å²) in [4.78, 5) is 4.55. The molecule has 1 saturated carbocycles. The average molecular weight is 316 g/mol. The van der Waals surface area contributed by atoms with Crippen LogP contribution >= 0.6 is 0 Å². The van der Waals surface area contributed by atoms with E-state index in [0.29, 0.717) is 6.04 Å². The Kier molecular flexibility index (Phi) is 3.44. The topological polar surface area (TPSA) is 71.7 Å². The minimum atomic E-state index is -0.514. The largest absolute Gasteiger partial charge is 0.489 e. The second kappa shape index (κ2) is 5.37. The fraction of sp³-hybridized carbons (Fsp3) is 0.647. The molecule has 2 aromatic heterocycles.